The van der Waals surface area contributed by atoms with Crippen LogP contribution in [-0.2, 0) is 0 Å². The van der Waals surface area contributed by atoms with Gasteiger partial charge in [0.15, 0.2) is 5.11 Å². The summed E-state index contributed by atoms with van der Waals surface area (Å²) in [7, 11) is 0. The zero-order valence-corrected chi connectivity index (χ0v) is 15.4. The maximum Gasteiger partial charge on any atom is 0.175 e. The number of nitrogens with one attached hydrogen (secondary N) is 2. The molecule has 0 bridgehead atoms. The highest BCUT2D eigenvalue weighted by atomic mass is 127. The summed E-state index contributed by atoms with van der Waals surface area (Å²) in [4.78, 5) is 0. The molecule has 2 N–H and O–H groups in total. The van der Waals surface area contributed by atoms with Gasteiger partial charge in [-0.15, -0.1) is 0 Å². The first-order valence-electron chi connectivity index (χ1n) is 6.90. The van der Waals surface area contributed by atoms with Crippen LogP contribution in [0.25, 0.3) is 0 Å². The van der Waals surface area contributed by atoms with Crippen molar-refractivity contribution in [3.63, 3.8) is 0 Å². The number of para-hydroxylation sites is 1. The Kier molecular flexibility index (Phi) is 5.58. The molecule has 2 rings (SSSR count). The Morgan fingerprint density at radius 2 is 1.71 bits per heavy atom. The van der Waals surface area contributed by atoms with Crippen LogP contribution in [0.3, 0.4) is 0 Å². The fourth-order valence-corrected chi connectivity index (χ4v) is 3.02. The molecule has 0 saturated carbocycles. The van der Waals surface area contributed by atoms with Gasteiger partial charge in [0.25, 0.3) is 0 Å². The van der Waals surface area contributed by atoms with Gasteiger partial charge in [-0.3, -0.25) is 0 Å². The largest absolute Gasteiger partial charge is 0.332 e. The summed E-state index contributed by atoms with van der Waals surface area (Å²) < 4.78 is 1.22. The van der Waals surface area contributed by atoms with Crippen molar-refractivity contribution < 1.29 is 0 Å². The summed E-state index contributed by atoms with van der Waals surface area (Å²) in [6.07, 6.45) is 0. The van der Waals surface area contributed by atoms with E-state index in [0.717, 1.165) is 11.4 Å². The average Bonchev–Trinajstić information content (AvgIpc) is 2.42. The first kappa shape index (κ1) is 16.2. The number of anilines is 2. The highest BCUT2D eigenvalue weighted by Gasteiger charge is 2.08. The molecular formula is C17H19IN2S. The molecule has 0 aromatic heterocycles. The third-order valence-electron chi connectivity index (χ3n) is 3.27. The Balaban J connectivity index is 2.12. The lowest BCUT2D eigenvalue weighted by Gasteiger charge is -2.17. The van der Waals surface area contributed by atoms with Crippen LogP contribution in [-0.4, -0.2) is 5.11 Å². The summed E-state index contributed by atoms with van der Waals surface area (Å²) >= 11 is 7.74. The summed E-state index contributed by atoms with van der Waals surface area (Å²) in [5.41, 5.74) is 4.55. The maximum atomic E-state index is 5.43. The Bertz CT molecular complexity index is 653. The van der Waals surface area contributed by atoms with Crippen molar-refractivity contribution in [1.29, 1.82) is 0 Å². The molecule has 110 valence electrons. The van der Waals surface area contributed by atoms with Crippen LogP contribution in [0.2, 0.25) is 0 Å². The molecule has 0 heterocycles. The van der Waals surface area contributed by atoms with Crippen molar-refractivity contribution in [1.82, 2.24) is 0 Å². The van der Waals surface area contributed by atoms with Crippen molar-refractivity contribution >= 4 is 51.3 Å². The lowest BCUT2D eigenvalue weighted by atomic mass is 10.0. The van der Waals surface area contributed by atoms with Gasteiger partial charge in [-0.05, 0) is 83.0 Å². The molecule has 0 unspecified atom stereocenters. The van der Waals surface area contributed by atoms with Crippen molar-refractivity contribution in [2.75, 3.05) is 10.6 Å². The van der Waals surface area contributed by atoms with Crippen molar-refractivity contribution in [3.8, 4) is 0 Å². The molecule has 0 fully saturated rings. The second-order valence-corrected chi connectivity index (χ2v) is 6.93. The Hall–Kier alpha value is -1.14. The van der Waals surface area contributed by atoms with E-state index in [2.05, 4.69) is 90.4 Å². The molecule has 0 atom stereocenters. The molecule has 0 spiro atoms. The van der Waals surface area contributed by atoms with Crippen LogP contribution in [0, 0.1) is 10.5 Å². The fourth-order valence-electron chi connectivity index (χ4n) is 2.16. The minimum absolute atomic E-state index is 0.455. The predicted molar refractivity (Wildman–Crippen MR) is 104 cm³/mol. The van der Waals surface area contributed by atoms with Crippen molar-refractivity contribution in [3.05, 3.63) is 57.2 Å². The Morgan fingerprint density at radius 3 is 2.38 bits per heavy atom. The van der Waals surface area contributed by atoms with E-state index < -0.39 is 0 Å². The predicted octanol–water partition coefficient (Wildman–Crippen LogP) is 5.53. The molecule has 0 amide bonds. The van der Waals surface area contributed by atoms with Gasteiger partial charge < -0.3 is 10.6 Å². The van der Waals surface area contributed by atoms with Gasteiger partial charge in [0.2, 0.25) is 0 Å². The molecule has 0 aliphatic carbocycles. The van der Waals surface area contributed by atoms with Gasteiger partial charge >= 0.3 is 0 Å². The first-order valence-corrected chi connectivity index (χ1v) is 8.39. The van der Waals surface area contributed by atoms with Crippen molar-refractivity contribution in [2.24, 2.45) is 0 Å². The quantitative estimate of drug-likeness (QED) is 0.514. The van der Waals surface area contributed by atoms with E-state index in [-0.39, 0.29) is 0 Å². The van der Waals surface area contributed by atoms with E-state index in [9.17, 15) is 0 Å². The highest BCUT2D eigenvalue weighted by molar-refractivity contribution is 14.1. The minimum Gasteiger partial charge on any atom is -0.332 e. The number of hydrogen-bond acceptors (Lipinski definition) is 1. The second-order valence-electron chi connectivity index (χ2n) is 5.28. The zero-order chi connectivity index (χ0) is 15.4. The van der Waals surface area contributed by atoms with Gasteiger partial charge in [0, 0.05) is 14.9 Å². The first-order chi connectivity index (χ1) is 9.97. The Morgan fingerprint density at radius 1 is 1.05 bits per heavy atom. The molecule has 0 aliphatic rings. The summed E-state index contributed by atoms with van der Waals surface area (Å²) in [5.74, 6) is 0.455. The molecule has 0 radical (unpaired) electrons. The van der Waals surface area contributed by atoms with Crippen LogP contribution in [0.5, 0.6) is 0 Å². The third-order valence-corrected chi connectivity index (χ3v) is 4.14. The molecule has 0 saturated heterocycles. The van der Waals surface area contributed by atoms with Crippen LogP contribution < -0.4 is 10.6 Å². The topological polar surface area (TPSA) is 24.1 Å². The van der Waals surface area contributed by atoms with Crippen LogP contribution in [0.1, 0.15) is 30.9 Å². The minimum atomic E-state index is 0.455. The van der Waals surface area contributed by atoms with E-state index in [1.165, 1.54) is 14.7 Å². The molecule has 0 aliphatic heterocycles. The zero-order valence-electron chi connectivity index (χ0n) is 12.4. The average molecular weight is 410 g/mol. The molecule has 4 heteroatoms. The van der Waals surface area contributed by atoms with Crippen LogP contribution in [0.4, 0.5) is 11.4 Å². The van der Waals surface area contributed by atoms with Crippen molar-refractivity contribution in [2.45, 2.75) is 26.7 Å². The Labute approximate surface area is 145 Å². The fraction of sp³-hybridized carbons (Fsp3) is 0.235. The van der Waals surface area contributed by atoms with Gasteiger partial charge in [0.05, 0.1) is 0 Å². The van der Waals surface area contributed by atoms with Crippen LogP contribution in [0.15, 0.2) is 42.5 Å². The lowest BCUT2D eigenvalue weighted by Crippen LogP contribution is -2.20. The standard InChI is InChI=1S/C17H19IN2S/c1-11(2)14-6-4-5-7-16(14)20-17(21)19-15-9-8-13(18)10-12(15)3/h4-11H,1-3H3,(H2,19,20,21). The molecule has 21 heavy (non-hydrogen) atoms. The third kappa shape index (κ3) is 4.41. The van der Waals surface area contributed by atoms with E-state index in [0.29, 0.717) is 11.0 Å². The number of thiocarbonyl (C=S) groups is 1. The monoisotopic (exact) mass is 410 g/mol. The molecule has 2 aromatic carbocycles. The molecule has 2 aromatic rings. The van der Waals surface area contributed by atoms with E-state index in [1.54, 1.807) is 0 Å². The SMILES string of the molecule is Cc1cc(I)ccc1NC(=S)Nc1ccccc1C(C)C. The maximum absolute atomic E-state index is 5.43. The number of rotatable bonds is 3. The summed E-state index contributed by atoms with van der Waals surface area (Å²) in [6.45, 7) is 6.44. The van der Waals surface area contributed by atoms with E-state index >= 15 is 0 Å². The van der Waals surface area contributed by atoms with Gasteiger partial charge in [-0.25, -0.2) is 0 Å². The number of aryl methyl sites for hydroxylation is 1. The summed E-state index contributed by atoms with van der Waals surface area (Å²) in [5, 5.41) is 7.19. The van der Waals surface area contributed by atoms with Gasteiger partial charge in [0.1, 0.15) is 0 Å². The van der Waals surface area contributed by atoms with Crippen LogP contribution >= 0.6 is 34.8 Å². The number of hydrogen-bond donors (Lipinski definition) is 2. The molecule has 2 nitrogen and oxygen atoms in total. The molecular weight excluding hydrogens is 391 g/mol. The smallest absolute Gasteiger partial charge is 0.175 e. The number of halogens is 1. The number of benzene rings is 2. The van der Waals surface area contributed by atoms with E-state index in [4.69, 9.17) is 12.2 Å². The van der Waals surface area contributed by atoms with Gasteiger partial charge in [-0.1, -0.05) is 32.0 Å². The van der Waals surface area contributed by atoms with Gasteiger partial charge in [-0.2, -0.15) is 0 Å². The normalized spacial score (nSPS) is 10.5. The second kappa shape index (κ2) is 7.22. The lowest BCUT2D eigenvalue weighted by molar-refractivity contribution is 0.869. The summed E-state index contributed by atoms with van der Waals surface area (Å²) in [6, 6.07) is 14.5. The highest BCUT2D eigenvalue weighted by Crippen LogP contribution is 2.24. The van der Waals surface area contributed by atoms with E-state index in [1.807, 2.05) is 6.07 Å².